The summed E-state index contributed by atoms with van der Waals surface area (Å²) in [6.45, 7) is 1.80. The van der Waals surface area contributed by atoms with Crippen molar-refractivity contribution in [3.63, 3.8) is 0 Å². The second kappa shape index (κ2) is 7.77. The van der Waals surface area contributed by atoms with Gasteiger partial charge in [-0.3, -0.25) is 14.3 Å². The van der Waals surface area contributed by atoms with E-state index in [1.165, 1.54) is 6.07 Å². The number of nitrogens with zero attached hydrogens (tertiary/aromatic N) is 1. The molecule has 3 rings (SSSR count). The standard InChI is InChI=1S/C19H18FN3O3/c1-12(9-10-13-5-2-3-8-16(13)20)18(24)21-15-7-4-6-14(11-15)17-22-19(25)26-23-17/h2-8,11-12H,9-10H2,1H3,(H,21,24)(H,22,23,25). The van der Waals surface area contributed by atoms with Crippen LogP contribution in [0.2, 0.25) is 0 Å². The van der Waals surface area contributed by atoms with Crippen molar-refractivity contribution in [2.75, 3.05) is 5.32 Å². The first-order valence-electron chi connectivity index (χ1n) is 8.23. The number of hydrogen-bond acceptors (Lipinski definition) is 4. The van der Waals surface area contributed by atoms with Crippen LogP contribution in [0, 0.1) is 11.7 Å². The maximum atomic E-state index is 13.7. The van der Waals surface area contributed by atoms with Crippen LogP contribution >= 0.6 is 0 Å². The fourth-order valence-electron chi connectivity index (χ4n) is 2.57. The van der Waals surface area contributed by atoms with E-state index in [4.69, 9.17) is 0 Å². The maximum absolute atomic E-state index is 13.7. The topological polar surface area (TPSA) is 88.0 Å². The van der Waals surface area contributed by atoms with Gasteiger partial charge in [-0.25, -0.2) is 9.18 Å². The lowest BCUT2D eigenvalue weighted by atomic mass is 10.00. The predicted molar refractivity (Wildman–Crippen MR) is 95.1 cm³/mol. The summed E-state index contributed by atoms with van der Waals surface area (Å²) in [7, 11) is 0. The molecule has 2 N–H and O–H groups in total. The fourth-order valence-corrected chi connectivity index (χ4v) is 2.57. The molecule has 0 aliphatic heterocycles. The number of H-pyrrole nitrogens is 1. The monoisotopic (exact) mass is 355 g/mol. The summed E-state index contributed by atoms with van der Waals surface area (Å²) in [6, 6.07) is 13.5. The molecule has 3 aromatic rings. The highest BCUT2D eigenvalue weighted by Gasteiger charge is 2.15. The summed E-state index contributed by atoms with van der Waals surface area (Å²) >= 11 is 0. The van der Waals surface area contributed by atoms with E-state index < -0.39 is 5.76 Å². The number of carbonyl (C=O) groups excluding carboxylic acids is 1. The van der Waals surface area contributed by atoms with E-state index in [-0.39, 0.29) is 17.6 Å². The predicted octanol–water partition coefficient (Wildman–Crippen LogP) is 3.38. The largest absolute Gasteiger partial charge is 0.439 e. The van der Waals surface area contributed by atoms with Gasteiger partial charge in [-0.15, -0.1) is 0 Å². The van der Waals surface area contributed by atoms with E-state index in [9.17, 15) is 14.0 Å². The van der Waals surface area contributed by atoms with Gasteiger partial charge >= 0.3 is 5.76 Å². The van der Waals surface area contributed by atoms with Crippen molar-refractivity contribution in [2.24, 2.45) is 5.92 Å². The van der Waals surface area contributed by atoms with Gasteiger partial charge in [-0.2, -0.15) is 0 Å². The Labute approximate surface area is 149 Å². The Morgan fingerprint density at radius 1 is 1.27 bits per heavy atom. The van der Waals surface area contributed by atoms with E-state index >= 15 is 0 Å². The molecule has 1 unspecified atom stereocenters. The van der Waals surface area contributed by atoms with Crippen molar-refractivity contribution in [3.8, 4) is 11.4 Å². The third-order valence-electron chi connectivity index (χ3n) is 4.10. The molecule has 1 atom stereocenters. The number of nitrogens with one attached hydrogen (secondary N) is 2. The van der Waals surface area contributed by atoms with Gasteiger partial charge in [0.1, 0.15) is 5.82 Å². The summed E-state index contributed by atoms with van der Waals surface area (Å²) in [5.74, 6) is -1.05. The summed E-state index contributed by atoms with van der Waals surface area (Å²) in [5, 5.41) is 6.45. The highest BCUT2D eigenvalue weighted by molar-refractivity contribution is 5.92. The molecule has 26 heavy (non-hydrogen) atoms. The number of carbonyl (C=O) groups is 1. The average Bonchev–Trinajstić information content (AvgIpc) is 3.07. The molecule has 6 nitrogen and oxygen atoms in total. The third kappa shape index (κ3) is 4.24. The summed E-state index contributed by atoms with van der Waals surface area (Å²) < 4.78 is 18.1. The zero-order valence-electron chi connectivity index (χ0n) is 14.2. The van der Waals surface area contributed by atoms with Crippen molar-refractivity contribution in [2.45, 2.75) is 19.8 Å². The lowest BCUT2D eigenvalue weighted by molar-refractivity contribution is -0.119. The molecule has 1 heterocycles. The SMILES string of the molecule is CC(CCc1ccccc1F)C(=O)Nc1cccc(-c2noc(=O)[nH]2)c1. The lowest BCUT2D eigenvalue weighted by Crippen LogP contribution is -2.21. The van der Waals surface area contributed by atoms with Crippen LogP contribution in [0.3, 0.4) is 0 Å². The normalized spacial score (nSPS) is 11.9. The van der Waals surface area contributed by atoms with Gasteiger partial charge in [0.05, 0.1) is 0 Å². The summed E-state index contributed by atoms with van der Waals surface area (Å²) in [5.41, 5.74) is 1.80. The maximum Gasteiger partial charge on any atom is 0.439 e. The van der Waals surface area contributed by atoms with Crippen LogP contribution in [-0.4, -0.2) is 16.0 Å². The molecule has 0 bridgehead atoms. The zero-order valence-corrected chi connectivity index (χ0v) is 14.2. The van der Waals surface area contributed by atoms with Gasteiger partial charge in [0.25, 0.3) is 0 Å². The second-order valence-corrected chi connectivity index (χ2v) is 6.04. The molecular weight excluding hydrogens is 337 g/mol. The van der Waals surface area contributed by atoms with Gasteiger partial charge in [-0.05, 0) is 36.6 Å². The zero-order chi connectivity index (χ0) is 18.5. The van der Waals surface area contributed by atoms with Gasteiger partial charge < -0.3 is 5.32 Å². The number of rotatable bonds is 6. The van der Waals surface area contributed by atoms with E-state index in [1.54, 1.807) is 49.4 Å². The molecule has 1 aromatic heterocycles. The van der Waals surface area contributed by atoms with E-state index in [0.717, 1.165) is 0 Å². The van der Waals surface area contributed by atoms with Gasteiger partial charge in [-0.1, -0.05) is 42.4 Å². The molecular formula is C19H18FN3O3. The highest BCUT2D eigenvalue weighted by atomic mass is 19.1. The number of anilines is 1. The first-order valence-corrected chi connectivity index (χ1v) is 8.23. The van der Waals surface area contributed by atoms with E-state index in [0.29, 0.717) is 35.5 Å². The van der Waals surface area contributed by atoms with Crippen LogP contribution in [-0.2, 0) is 11.2 Å². The highest BCUT2D eigenvalue weighted by Crippen LogP contribution is 2.20. The Kier molecular flexibility index (Phi) is 5.26. The molecule has 0 saturated heterocycles. The van der Waals surface area contributed by atoms with Crippen molar-refractivity contribution in [3.05, 3.63) is 70.5 Å². The van der Waals surface area contributed by atoms with Crippen LogP contribution in [0.5, 0.6) is 0 Å². The van der Waals surface area contributed by atoms with E-state index in [2.05, 4.69) is 20.0 Å². The van der Waals surface area contributed by atoms with Gasteiger partial charge in [0.15, 0.2) is 5.82 Å². The number of aromatic amines is 1. The minimum atomic E-state index is -0.642. The Bertz CT molecular complexity index is 964. The van der Waals surface area contributed by atoms with Crippen LogP contribution in [0.15, 0.2) is 57.8 Å². The molecule has 1 amide bonds. The van der Waals surface area contributed by atoms with Crippen molar-refractivity contribution >= 4 is 11.6 Å². The number of benzene rings is 2. The first-order chi connectivity index (χ1) is 12.5. The van der Waals surface area contributed by atoms with Crippen LogP contribution in [0.4, 0.5) is 10.1 Å². The summed E-state index contributed by atoms with van der Waals surface area (Å²) in [4.78, 5) is 25.9. The Hall–Kier alpha value is -3.22. The molecule has 0 saturated carbocycles. The molecule has 7 heteroatoms. The lowest BCUT2D eigenvalue weighted by Gasteiger charge is -2.13. The van der Waals surface area contributed by atoms with Crippen LogP contribution in [0.25, 0.3) is 11.4 Å². The molecule has 0 aliphatic rings. The molecule has 0 fully saturated rings. The number of hydrogen-bond donors (Lipinski definition) is 2. The Balaban J connectivity index is 1.62. The molecule has 134 valence electrons. The van der Waals surface area contributed by atoms with E-state index in [1.807, 2.05) is 0 Å². The van der Waals surface area contributed by atoms with Crippen molar-refractivity contribution < 1.29 is 13.7 Å². The molecule has 0 spiro atoms. The van der Waals surface area contributed by atoms with Crippen LogP contribution < -0.4 is 11.1 Å². The quantitative estimate of drug-likeness (QED) is 0.709. The molecule has 0 radical (unpaired) electrons. The number of amides is 1. The molecule has 2 aromatic carbocycles. The Morgan fingerprint density at radius 2 is 2.08 bits per heavy atom. The second-order valence-electron chi connectivity index (χ2n) is 6.04. The average molecular weight is 355 g/mol. The van der Waals surface area contributed by atoms with Crippen molar-refractivity contribution in [1.82, 2.24) is 10.1 Å². The fraction of sp³-hybridized carbons (Fsp3) is 0.211. The third-order valence-corrected chi connectivity index (χ3v) is 4.10. The minimum Gasteiger partial charge on any atom is -0.326 e. The van der Waals surface area contributed by atoms with Crippen LogP contribution in [0.1, 0.15) is 18.9 Å². The molecule has 0 aliphatic carbocycles. The van der Waals surface area contributed by atoms with Gasteiger partial charge in [0.2, 0.25) is 5.91 Å². The summed E-state index contributed by atoms with van der Waals surface area (Å²) in [6.07, 6.45) is 1.02. The minimum absolute atomic E-state index is 0.160. The van der Waals surface area contributed by atoms with Gasteiger partial charge in [0, 0.05) is 17.2 Å². The number of aromatic nitrogens is 2. The smallest absolute Gasteiger partial charge is 0.326 e. The van der Waals surface area contributed by atoms with Crippen molar-refractivity contribution in [1.29, 1.82) is 0 Å². The number of halogens is 1. The Morgan fingerprint density at radius 3 is 2.81 bits per heavy atom. The number of aryl methyl sites for hydroxylation is 1. The first kappa shape index (κ1) is 17.6.